The summed E-state index contributed by atoms with van der Waals surface area (Å²) < 4.78 is 24.8. The van der Waals surface area contributed by atoms with Crippen molar-refractivity contribution in [3.8, 4) is 0 Å². The maximum Gasteiger partial charge on any atom is 0.246 e. The van der Waals surface area contributed by atoms with Gasteiger partial charge < -0.3 is 5.73 Å². The number of pyridine rings is 1. The van der Waals surface area contributed by atoms with Gasteiger partial charge in [-0.25, -0.2) is 8.78 Å². The molecule has 0 fully saturated rings. The molecule has 1 rings (SSSR count). The van der Waals surface area contributed by atoms with Gasteiger partial charge in [0.15, 0.2) is 0 Å². The first kappa shape index (κ1) is 10.3. The Bertz CT molecular complexity index is 281. The van der Waals surface area contributed by atoms with Gasteiger partial charge in [0.2, 0.25) is 6.43 Å². The Hall–Kier alpha value is -0.740. The molecule has 0 aliphatic rings. The van der Waals surface area contributed by atoms with Crippen LogP contribution in [0.25, 0.3) is 0 Å². The fourth-order valence-corrected chi connectivity index (χ4v) is 1.31. The third-order valence-electron chi connectivity index (χ3n) is 1.76. The Balaban J connectivity index is 2.97. The molecule has 2 N–H and O–H groups in total. The van der Waals surface area contributed by atoms with Crippen molar-refractivity contribution in [2.24, 2.45) is 5.73 Å². The minimum atomic E-state index is -2.50. The van der Waals surface area contributed by atoms with Crippen LogP contribution in [0.5, 0.6) is 0 Å². The summed E-state index contributed by atoms with van der Waals surface area (Å²) in [6, 6.07) is 1.46. The molecule has 0 bridgehead atoms. The summed E-state index contributed by atoms with van der Waals surface area (Å²) in [4.78, 5) is 3.70. The molecular formula is C8H9ClF2N2. The highest BCUT2D eigenvalue weighted by Crippen LogP contribution is 2.27. The Kier molecular flexibility index (Phi) is 3.57. The van der Waals surface area contributed by atoms with Crippen LogP contribution in [-0.2, 0) is 0 Å². The van der Waals surface area contributed by atoms with Crippen LogP contribution in [0.2, 0.25) is 5.02 Å². The van der Waals surface area contributed by atoms with E-state index in [4.69, 9.17) is 17.3 Å². The van der Waals surface area contributed by atoms with E-state index >= 15 is 0 Å². The summed E-state index contributed by atoms with van der Waals surface area (Å²) in [5, 5.41) is 0.234. The average Bonchev–Trinajstić information content (AvgIpc) is 2.09. The van der Waals surface area contributed by atoms with E-state index in [9.17, 15) is 8.78 Å². The van der Waals surface area contributed by atoms with Crippen molar-refractivity contribution < 1.29 is 8.78 Å². The van der Waals surface area contributed by atoms with E-state index in [0.717, 1.165) is 0 Å². The first-order valence-corrected chi connectivity index (χ1v) is 4.12. The number of hydrogen-bond donors (Lipinski definition) is 1. The van der Waals surface area contributed by atoms with Crippen molar-refractivity contribution in [3.63, 3.8) is 0 Å². The molecule has 13 heavy (non-hydrogen) atoms. The van der Waals surface area contributed by atoms with Gasteiger partial charge in [-0.2, -0.15) is 0 Å². The second-order valence-corrected chi connectivity index (χ2v) is 2.98. The van der Waals surface area contributed by atoms with Gasteiger partial charge in [0.1, 0.15) is 0 Å². The van der Waals surface area contributed by atoms with Crippen molar-refractivity contribution in [2.45, 2.75) is 12.3 Å². The molecular weight excluding hydrogens is 198 g/mol. The maximum atomic E-state index is 12.4. The van der Waals surface area contributed by atoms with Crippen LogP contribution >= 0.6 is 11.6 Å². The standard InChI is InChI=1S/C8H9ClF2N2/c9-7-4-13-2-1-5(7)6(3-12)8(10)11/h1-2,4,6,8H,3,12H2. The van der Waals surface area contributed by atoms with Crippen LogP contribution in [0.4, 0.5) is 8.78 Å². The highest BCUT2D eigenvalue weighted by molar-refractivity contribution is 6.31. The SMILES string of the molecule is NCC(c1ccncc1Cl)C(F)F. The topological polar surface area (TPSA) is 38.9 Å². The minimum absolute atomic E-state index is 0.124. The smallest absolute Gasteiger partial charge is 0.246 e. The quantitative estimate of drug-likeness (QED) is 0.822. The van der Waals surface area contributed by atoms with Gasteiger partial charge in [-0.05, 0) is 11.6 Å². The first-order valence-electron chi connectivity index (χ1n) is 3.74. The third kappa shape index (κ3) is 2.35. The second-order valence-electron chi connectivity index (χ2n) is 2.57. The van der Waals surface area contributed by atoms with Crippen LogP contribution in [0.15, 0.2) is 18.5 Å². The van der Waals surface area contributed by atoms with Crippen molar-refractivity contribution >= 4 is 11.6 Å². The lowest BCUT2D eigenvalue weighted by Gasteiger charge is -2.14. The molecule has 0 saturated heterocycles. The van der Waals surface area contributed by atoms with Crippen molar-refractivity contribution in [2.75, 3.05) is 6.54 Å². The van der Waals surface area contributed by atoms with E-state index in [1.807, 2.05) is 0 Å². The summed E-state index contributed by atoms with van der Waals surface area (Å²) >= 11 is 5.69. The lowest BCUT2D eigenvalue weighted by Crippen LogP contribution is -2.20. The molecule has 5 heteroatoms. The Morgan fingerprint density at radius 3 is 2.69 bits per heavy atom. The fraction of sp³-hybridized carbons (Fsp3) is 0.375. The Labute approximate surface area is 79.7 Å². The number of aromatic nitrogens is 1. The molecule has 1 aromatic rings. The van der Waals surface area contributed by atoms with Gasteiger partial charge >= 0.3 is 0 Å². The van der Waals surface area contributed by atoms with E-state index in [-0.39, 0.29) is 11.6 Å². The largest absolute Gasteiger partial charge is 0.330 e. The highest BCUT2D eigenvalue weighted by Gasteiger charge is 2.22. The van der Waals surface area contributed by atoms with Crippen molar-refractivity contribution in [1.29, 1.82) is 0 Å². The van der Waals surface area contributed by atoms with Crippen molar-refractivity contribution in [3.05, 3.63) is 29.0 Å². The van der Waals surface area contributed by atoms with E-state index in [2.05, 4.69) is 4.98 Å². The molecule has 0 radical (unpaired) electrons. The number of nitrogens with zero attached hydrogens (tertiary/aromatic N) is 1. The molecule has 0 saturated carbocycles. The zero-order chi connectivity index (χ0) is 9.84. The molecule has 1 aromatic heterocycles. The molecule has 0 aliphatic heterocycles. The van der Waals surface area contributed by atoms with Crippen LogP contribution in [0.1, 0.15) is 11.5 Å². The van der Waals surface area contributed by atoms with Crippen LogP contribution < -0.4 is 5.73 Å². The van der Waals surface area contributed by atoms with Gasteiger partial charge in [-0.1, -0.05) is 11.6 Å². The van der Waals surface area contributed by atoms with Gasteiger partial charge in [-0.15, -0.1) is 0 Å². The Morgan fingerprint density at radius 1 is 1.54 bits per heavy atom. The second kappa shape index (κ2) is 4.48. The normalized spacial score (nSPS) is 13.3. The van der Waals surface area contributed by atoms with Gasteiger partial charge in [0.25, 0.3) is 0 Å². The summed E-state index contributed by atoms with van der Waals surface area (Å²) in [5.74, 6) is -1.00. The van der Waals surface area contributed by atoms with E-state index in [1.165, 1.54) is 18.5 Å². The zero-order valence-electron chi connectivity index (χ0n) is 6.75. The van der Waals surface area contributed by atoms with E-state index in [0.29, 0.717) is 5.56 Å². The number of halogens is 3. The average molecular weight is 207 g/mol. The van der Waals surface area contributed by atoms with Crippen molar-refractivity contribution in [1.82, 2.24) is 4.98 Å². The summed E-state index contributed by atoms with van der Waals surface area (Å²) in [6.07, 6.45) is 0.263. The monoisotopic (exact) mass is 206 g/mol. The molecule has 1 heterocycles. The minimum Gasteiger partial charge on any atom is -0.330 e. The van der Waals surface area contributed by atoms with Gasteiger partial charge in [-0.3, -0.25) is 4.98 Å². The molecule has 0 aliphatic carbocycles. The number of nitrogens with two attached hydrogens (primary N) is 1. The predicted octanol–water partition coefficient (Wildman–Crippen LogP) is 2.04. The molecule has 72 valence electrons. The number of hydrogen-bond acceptors (Lipinski definition) is 2. The maximum absolute atomic E-state index is 12.4. The fourth-order valence-electron chi connectivity index (χ4n) is 1.05. The van der Waals surface area contributed by atoms with E-state index < -0.39 is 12.3 Å². The van der Waals surface area contributed by atoms with Crippen LogP contribution in [-0.4, -0.2) is 18.0 Å². The third-order valence-corrected chi connectivity index (χ3v) is 2.08. The predicted molar refractivity (Wildman–Crippen MR) is 47.0 cm³/mol. The molecule has 1 unspecified atom stereocenters. The molecule has 2 nitrogen and oxygen atoms in total. The zero-order valence-corrected chi connectivity index (χ0v) is 7.51. The summed E-state index contributed by atoms with van der Waals surface area (Å²) in [6.45, 7) is -0.124. The highest BCUT2D eigenvalue weighted by atomic mass is 35.5. The summed E-state index contributed by atoms with van der Waals surface area (Å²) in [7, 11) is 0. The molecule has 0 spiro atoms. The molecule has 0 aromatic carbocycles. The Morgan fingerprint density at radius 2 is 2.23 bits per heavy atom. The number of alkyl halides is 2. The lowest BCUT2D eigenvalue weighted by molar-refractivity contribution is 0.117. The summed E-state index contributed by atoms with van der Waals surface area (Å²) in [5.41, 5.74) is 5.57. The van der Waals surface area contributed by atoms with E-state index in [1.54, 1.807) is 0 Å². The molecule has 1 atom stereocenters. The number of rotatable bonds is 3. The van der Waals surface area contributed by atoms with Gasteiger partial charge in [0.05, 0.1) is 10.9 Å². The van der Waals surface area contributed by atoms with Crippen LogP contribution in [0.3, 0.4) is 0 Å². The van der Waals surface area contributed by atoms with Crippen LogP contribution in [0, 0.1) is 0 Å². The lowest BCUT2D eigenvalue weighted by atomic mass is 10.0. The first-order chi connectivity index (χ1) is 6.16. The molecule has 0 amide bonds. The van der Waals surface area contributed by atoms with Gasteiger partial charge in [0, 0.05) is 18.9 Å².